The first kappa shape index (κ1) is 18.6. The van der Waals surface area contributed by atoms with E-state index in [1.807, 2.05) is 75.4 Å². The molecular formula is C21H26N2O3. The van der Waals surface area contributed by atoms with Gasteiger partial charge in [0.1, 0.15) is 0 Å². The number of carbonyl (C=O) groups is 1. The first-order valence-corrected chi connectivity index (χ1v) is 8.89. The first-order valence-electron chi connectivity index (χ1n) is 8.89. The molecule has 26 heavy (non-hydrogen) atoms. The average Bonchev–Trinajstić information content (AvgIpc) is 2.91. The van der Waals surface area contributed by atoms with Crippen LogP contribution in [0.2, 0.25) is 0 Å². The molecule has 138 valence electrons. The Balaban J connectivity index is 1.77. The molecule has 3 rings (SSSR count). The lowest BCUT2D eigenvalue weighted by Gasteiger charge is -2.27. The fraction of sp³-hybridized carbons (Fsp3) is 0.381. The van der Waals surface area contributed by atoms with Gasteiger partial charge in [0.05, 0.1) is 12.7 Å². The molecule has 0 radical (unpaired) electrons. The molecule has 2 aromatic rings. The lowest BCUT2D eigenvalue weighted by Crippen LogP contribution is -2.42. The van der Waals surface area contributed by atoms with Crippen LogP contribution in [0.3, 0.4) is 0 Å². The average molecular weight is 354 g/mol. The largest absolute Gasteiger partial charge is 0.389 e. The maximum Gasteiger partial charge on any atom is 0.261 e. The molecule has 0 saturated heterocycles. The third kappa shape index (κ3) is 4.12. The molecule has 0 saturated carbocycles. The zero-order valence-electron chi connectivity index (χ0n) is 15.5. The third-order valence-electron chi connectivity index (χ3n) is 4.26. The second-order valence-corrected chi connectivity index (χ2v) is 7.57. The van der Waals surface area contributed by atoms with E-state index >= 15 is 0 Å². The van der Waals surface area contributed by atoms with Crippen molar-refractivity contribution in [2.75, 3.05) is 18.1 Å². The summed E-state index contributed by atoms with van der Waals surface area (Å²) in [4.78, 5) is 14.5. The number of hydrogen-bond donors (Lipinski definition) is 2. The van der Waals surface area contributed by atoms with Crippen molar-refractivity contribution in [2.45, 2.75) is 38.6 Å². The van der Waals surface area contributed by atoms with Gasteiger partial charge in [0, 0.05) is 28.9 Å². The molecule has 2 aromatic carbocycles. The number of fused-ring (bicyclic) bond motifs is 1. The van der Waals surface area contributed by atoms with Crippen LogP contribution in [-0.4, -0.2) is 35.8 Å². The van der Waals surface area contributed by atoms with Gasteiger partial charge in [-0.25, -0.2) is 0 Å². The van der Waals surface area contributed by atoms with Crippen molar-refractivity contribution < 1.29 is 14.6 Å². The molecule has 0 aliphatic carbocycles. The highest BCUT2D eigenvalue weighted by atomic mass is 16.5. The number of anilines is 1. The minimum Gasteiger partial charge on any atom is -0.389 e. The van der Waals surface area contributed by atoms with Crippen LogP contribution in [-0.2, 0) is 4.74 Å². The van der Waals surface area contributed by atoms with Crippen LogP contribution in [0, 0.1) is 0 Å². The fourth-order valence-corrected chi connectivity index (χ4v) is 2.97. The number of rotatable bonds is 6. The minimum atomic E-state index is -0.658. The van der Waals surface area contributed by atoms with Gasteiger partial charge in [-0.15, -0.1) is 0 Å². The Morgan fingerprint density at radius 2 is 1.77 bits per heavy atom. The number of carbonyl (C=O) groups excluding carboxylic acids is 1. The SMILES string of the molecule is CC(C)(C)NCC(O)COC1c2ccccc2C(=O)N1c1ccccc1. The first-order chi connectivity index (χ1) is 12.4. The van der Waals surface area contributed by atoms with Crippen LogP contribution >= 0.6 is 0 Å². The maximum atomic E-state index is 12.9. The van der Waals surface area contributed by atoms with Gasteiger partial charge in [-0.1, -0.05) is 36.4 Å². The lowest BCUT2D eigenvalue weighted by atomic mass is 10.1. The van der Waals surface area contributed by atoms with E-state index in [2.05, 4.69) is 5.32 Å². The summed E-state index contributed by atoms with van der Waals surface area (Å²) in [5, 5.41) is 13.5. The topological polar surface area (TPSA) is 61.8 Å². The van der Waals surface area contributed by atoms with Crippen molar-refractivity contribution in [3.8, 4) is 0 Å². The summed E-state index contributed by atoms with van der Waals surface area (Å²) in [5.41, 5.74) is 2.18. The number of benzene rings is 2. The zero-order chi connectivity index (χ0) is 18.7. The van der Waals surface area contributed by atoms with Crippen molar-refractivity contribution in [2.24, 2.45) is 0 Å². The molecule has 5 nitrogen and oxygen atoms in total. The van der Waals surface area contributed by atoms with Crippen LogP contribution in [0.5, 0.6) is 0 Å². The maximum absolute atomic E-state index is 12.9. The summed E-state index contributed by atoms with van der Waals surface area (Å²) in [5.74, 6) is -0.0842. The van der Waals surface area contributed by atoms with Crippen LogP contribution < -0.4 is 10.2 Å². The monoisotopic (exact) mass is 354 g/mol. The number of nitrogens with zero attached hydrogens (tertiary/aromatic N) is 1. The van der Waals surface area contributed by atoms with E-state index in [-0.39, 0.29) is 18.1 Å². The predicted molar refractivity (Wildman–Crippen MR) is 102 cm³/mol. The van der Waals surface area contributed by atoms with Crippen molar-refractivity contribution in [3.05, 3.63) is 65.7 Å². The fourth-order valence-electron chi connectivity index (χ4n) is 2.97. The normalized spacial score (nSPS) is 18.1. The van der Waals surface area contributed by atoms with Crippen LogP contribution in [0.4, 0.5) is 5.69 Å². The molecule has 2 unspecified atom stereocenters. The molecule has 1 aliphatic heterocycles. The van der Waals surface area contributed by atoms with E-state index in [1.165, 1.54) is 0 Å². The Bertz CT molecular complexity index is 755. The quantitative estimate of drug-likeness (QED) is 0.837. The molecule has 1 aliphatic rings. The Morgan fingerprint density at radius 3 is 2.46 bits per heavy atom. The molecule has 0 fully saturated rings. The Hall–Kier alpha value is -2.21. The highest BCUT2D eigenvalue weighted by Crippen LogP contribution is 2.38. The summed E-state index contributed by atoms with van der Waals surface area (Å²) in [7, 11) is 0. The molecule has 1 heterocycles. The van der Waals surface area contributed by atoms with Crippen LogP contribution in [0.25, 0.3) is 0 Å². The van der Waals surface area contributed by atoms with E-state index in [0.717, 1.165) is 11.3 Å². The van der Waals surface area contributed by atoms with Gasteiger partial charge in [0.2, 0.25) is 0 Å². The van der Waals surface area contributed by atoms with Gasteiger partial charge < -0.3 is 15.2 Å². The zero-order valence-corrected chi connectivity index (χ0v) is 15.5. The number of aliphatic hydroxyl groups is 1. The van der Waals surface area contributed by atoms with E-state index in [0.29, 0.717) is 12.1 Å². The molecule has 5 heteroatoms. The number of ether oxygens (including phenoxy) is 1. The van der Waals surface area contributed by atoms with Gasteiger partial charge in [0.25, 0.3) is 5.91 Å². The standard InChI is InChI=1S/C21H26N2O3/c1-21(2,3)22-13-16(24)14-26-20-18-12-8-7-11-17(18)19(25)23(20)15-9-5-4-6-10-15/h4-12,16,20,22,24H,13-14H2,1-3H3. The van der Waals surface area contributed by atoms with E-state index in [4.69, 9.17) is 4.74 Å². The number of hydrogen-bond acceptors (Lipinski definition) is 4. The number of amides is 1. The van der Waals surface area contributed by atoms with Crippen LogP contribution in [0.15, 0.2) is 54.6 Å². The highest BCUT2D eigenvalue weighted by Gasteiger charge is 2.38. The molecule has 2 atom stereocenters. The van der Waals surface area contributed by atoms with Crippen molar-refractivity contribution in [1.82, 2.24) is 5.32 Å². The summed E-state index contributed by atoms with van der Waals surface area (Å²) in [6, 6.07) is 16.9. The molecule has 0 aromatic heterocycles. The summed E-state index contributed by atoms with van der Waals surface area (Å²) in [6.07, 6.45) is -1.19. The second-order valence-electron chi connectivity index (χ2n) is 7.57. The van der Waals surface area contributed by atoms with Gasteiger partial charge in [0.15, 0.2) is 6.23 Å². The third-order valence-corrected chi connectivity index (χ3v) is 4.26. The van der Waals surface area contributed by atoms with Gasteiger partial charge in [-0.05, 0) is 39.0 Å². The number of nitrogens with one attached hydrogen (secondary N) is 1. The molecule has 2 N–H and O–H groups in total. The number of aliphatic hydroxyl groups excluding tert-OH is 1. The number of para-hydroxylation sites is 1. The van der Waals surface area contributed by atoms with E-state index in [1.54, 1.807) is 4.90 Å². The van der Waals surface area contributed by atoms with Crippen molar-refractivity contribution >= 4 is 11.6 Å². The van der Waals surface area contributed by atoms with Gasteiger partial charge in [-0.3, -0.25) is 9.69 Å². The molecule has 1 amide bonds. The summed E-state index contributed by atoms with van der Waals surface area (Å²) >= 11 is 0. The molecule has 0 bridgehead atoms. The smallest absolute Gasteiger partial charge is 0.261 e. The predicted octanol–water partition coefficient (Wildman–Crippen LogP) is 3.11. The minimum absolute atomic E-state index is 0.0764. The van der Waals surface area contributed by atoms with Crippen LogP contribution in [0.1, 0.15) is 42.9 Å². The van der Waals surface area contributed by atoms with E-state index < -0.39 is 12.3 Å². The Kier molecular flexibility index (Phi) is 5.41. The highest BCUT2D eigenvalue weighted by molar-refractivity contribution is 6.10. The van der Waals surface area contributed by atoms with Gasteiger partial charge in [-0.2, -0.15) is 0 Å². The number of β-amino-alcohol motifs (C(OH)–C–C–N with tert-alkyl or cyclic N) is 1. The Labute approximate surface area is 154 Å². The summed E-state index contributed by atoms with van der Waals surface area (Å²) in [6.45, 7) is 6.70. The van der Waals surface area contributed by atoms with Crippen molar-refractivity contribution in [1.29, 1.82) is 0 Å². The molecule has 0 spiro atoms. The second kappa shape index (κ2) is 7.58. The van der Waals surface area contributed by atoms with Crippen molar-refractivity contribution in [3.63, 3.8) is 0 Å². The van der Waals surface area contributed by atoms with E-state index in [9.17, 15) is 9.90 Å². The summed E-state index contributed by atoms with van der Waals surface area (Å²) < 4.78 is 6.01. The molecular weight excluding hydrogens is 328 g/mol. The lowest BCUT2D eigenvalue weighted by molar-refractivity contribution is -0.00839. The Morgan fingerprint density at radius 1 is 1.12 bits per heavy atom. The van der Waals surface area contributed by atoms with Gasteiger partial charge >= 0.3 is 0 Å².